The molecule has 0 fully saturated rings. The summed E-state index contributed by atoms with van der Waals surface area (Å²) in [6, 6.07) is 7.44. The van der Waals surface area contributed by atoms with Gasteiger partial charge in [-0.05, 0) is 37.7 Å². The molecule has 6 nitrogen and oxygen atoms in total. The number of hydrogen-bond donors (Lipinski definition) is 0. The standard InChI is InChI=1S/C26H33NO5.C2H6/c1-6-14-31-16-19-24(25(29)32-7-2)22(17-10-8-9-11-21(17)30-5)23-18(27-19)15-26(3,4)13-12-20(23)28;1-2/h8-11H,6-7,12-16H2,1-5H3;1-2H3. The Morgan fingerprint density at radius 1 is 1.12 bits per heavy atom. The molecule has 34 heavy (non-hydrogen) atoms. The Hall–Kier alpha value is -2.73. The molecule has 0 N–H and O–H groups in total. The number of fused-ring (bicyclic) bond motifs is 1. The zero-order chi connectivity index (χ0) is 25.3. The van der Waals surface area contributed by atoms with E-state index in [4.69, 9.17) is 19.2 Å². The van der Waals surface area contributed by atoms with Crippen LogP contribution >= 0.6 is 0 Å². The fraction of sp³-hybridized carbons (Fsp3) is 0.536. The highest BCUT2D eigenvalue weighted by Gasteiger charge is 2.35. The van der Waals surface area contributed by atoms with E-state index in [0.29, 0.717) is 58.8 Å². The molecule has 0 saturated heterocycles. The third-order valence-electron chi connectivity index (χ3n) is 5.74. The smallest absolute Gasteiger partial charge is 0.340 e. The lowest BCUT2D eigenvalue weighted by Crippen LogP contribution is -2.20. The molecule has 1 aromatic heterocycles. The number of hydrogen-bond acceptors (Lipinski definition) is 6. The van der Waals surface area contributed by atoms with Crippen LogP contribution in [0, 0.1) is 5.41 Å². The van der Waals surface area contributed by atoms with Gasteiger partial charge in [-0.25, -0.2) is 4.79 Å². The summed E-state index contributed by atoms with van der Waals surface area (Å²) in [5.41, 5.74) is 3.15. The van der Waals surface area contributed by atoms with Gasteiger partial charge in [-0.3, -0.25) is 9.78 Å². The van der Waals surface area contributed by atoms with Crippen LogP contribution in [0.1, 0.15) is 92.9 Å². The highest BCUT2D eigenvalue weighted by molar-refractivity contribution is 6.10. The zero-order valence-corrected chi connectivity index (χ0v) is 21.7. The number of carbonyl (C=O) groups is 2. The molecule has 0 atom stereocenters. The van der Waals surface area contributed by atoms with Gasteiger partial charge in [-0.15, -0.1) is 0 Å². The van der Waals surface area contributed by atoms with E-state index >= 15 is 0 Å². The van der Waals surface area contributed by atoms with E-state index in [1.165, 1.54) is 0 Å². The van der Waals surface area contributed by atoms with E-state index < -0.39 is 5.97 Å². The molecule has 0 bridgehead atoms. The van der Waals surface area contributed by atoms with Crippen molar-refractivity contribution in [3.63, 3.8) is 0 Å². The number of methoxy groups -OCH3 is 1. The summed E-state index contributed by atoms with van der Waals surface area (Å²) >= 11 is 0. The molecule has 1 aromatic carbocycles. The van der Waals surface area contributed by atoms with Crippen molar-refractivity contribution in [3.8, 4) is 16.9 Å². The number of aromatic nitrogens is 1. The molecule has 186 valence electrons. The van der Waals surface area contributed by atoms with Gasteiger partial charge >= 0.3 is 5.97 Å². The van der Waals surface area contributed by atoms with Gasteiger partial charge in [0.05, 0.1) is 37.3 Å². The SMILES string of the molecule is CC.CCCOCc1nc2c(c(-c3ccccc3OC)c1C(=O)OCC)C(=O)CCC(C)(C)C2. The zero-order valence-electron chi connectivity index (χ0n) is 21.7. The van der Waals surface area contributed by atoms with E-state index in [2.05, 4.69) is 13.8 Å². The minimum Gasteiger partial charge on any atom is -0.496 e. The number of nitrogens with zero attached hydrogens (tertiary/aromatic N) is 1. The summed E-state index contributed by atoms with van der Waals surface area (Å²) in [5, 5.41) is 0. The summed E-state index contributed by atoms with van der Waals surface area (Å²) in [6.07, 6.45) is 2.65. The minimum atomic E-state index is -0.505. The second-order valence-electron chi connectivity index (χ2n) is 8.87. The fourth-order valence-electron chi connectivity index (χ4n) is 4.20. The molecule has 3 rings (SSSR count). The van der Waals surface area contributed by atoms with Crippen LogP contribution in [0.3, 0.4) is 0 Å². The molecule has 0 unspecified atom stereocenters. The minimum absolute atomic E-state index is 0.00874. The topological polar surface area (TPSA) is 74.7 Å². The normalized spacial score (nSPS) is 14.4. The third kappa shape index (κ3) is 6.23. The van der Waals surface area contributed by atoms with Gasteiger partial charge in [-0.1, -0.05) is 52.8 Å². The molecule has 1 heterocycles. The first-order valence-corrected chi connectivity index (χ1v) is 12.3. The van der Waals surface area contributed by atoms with E-state index in [0.717, 1.165) is 12.8 Å². The maximum Gasteiger partial charge on any atom is 0.340 e. The number of para-hydroxylation sites is 1. The van der Waals surface area contributed by atoms with Crippen molar-refractivity contribution in [2.75, 3.05) is 20.3 Å². The largest absolute Gasteiger partial charge is 0.496 e. The van der Waals surface area contributed by atoms with E-state index in [-0.39, 0.29) is 24.4 Å². The van der Waals surface area contributed by atoms with Crippen LogP contribution in [0.5, 0.6) is 5.75 Å². The number of benzene rings is 1. The Balaban J connectivity index is 0.00000199. The van der Waals surface area contributed by atoms with Crippen LogP contribution in [-0.4, -0.2) is 37.1 Å². The molecule has 6 heteroatoms. The van der Waals surface area contributed by atoms with Crippen LogP contribution in [0.2, 0.25) is 0 Å². The molecule has 0 aliphatic heterocycles. The summed E-state index contributed by atoms with van der Waals surface area (Å²) in [6.45, 7) is 13.0. The summed E-state index contributed by atoms with van der Waals surface area (Å²) in [4.78, 5) is 31.5. The Morgan fingerprint density at radius 3 is 2.47 bits per heavy atom. The van der Waals surface area contributed by atoms with E-state index in [1.54, 1.807) is 14.0 Å². The van der Waals surface area contributed by atoms with Crippen LogP contribution < -0.4 is 4.74 Å². The summed E-state index contributed by atoms with van der Waals surface area (Å²) in [7, 11) is 1.58. The highest BCUT2D eigenvalue weighted by atomic mass is 16.5. The fourth-order valence-corrected chi connectivity index (χ4v) is 4.20. The molecule has 0 spiro atoms. The van der Waals surface area contributed by atoms with Crippen LogP contribution in [0.15, 0.2) is 24.3 Å². The van der Waals surface area contributed by atoms with Crippen molar-refractivity contribution in [2.45, 2.75) is 73.8 Å². The average molecular weight is 470 g/mol. The van der Waals surface area contributed by atoms with Crippen molar-refractivity contribution < 1.29 is 23.8 Å². The number of pyridine rings is 1. The third-order valence-corrected chi connectivity index (χ3v) is 5.74. The first-order valence-electron chi connectivity index (χ1n) is 12.3. The quantitative estimate of drug-likeness (QED) is 0.252. The van der Waals surface area contributed by atoms with Crippen LogP contribution in [-0.2, 0) is 22.5 Å². The van der Waals surface area contributed by atoms with Gasteiger partial charge in [0, 0.05) is 29.7 Å². The monoisotopic (exact) mass is 469 g/mol. The molecule has 0 saturated carbocycles. The molecule has 0 radical (unpaired) electrons. The lowest BCUT2D eigenvalue weighted by molar-refractivity contribution is 0.0518. The maximum absolute atomic E-state index is 13.4. The van der Waals surface area contributed by atoms with Crippen molar-refractivity contribution in [3.05, 3.63) is 46.8 Å². The van der Waals surface area contributed by atoms with Gasteiger partial charge in [0.1, 0.15) is 5.75 Å². The Labute approximate surface area is 204 Å². The lowest BCUT2D eigenvalue weighted by atomic mass is 9.84. The second-order valence-corrected chi connectivity index (χ2v) is 8.87. The Bertz CT molecular complexity index is 997. The number of carbonyl (C=O) groups excluding carboxylic acids is 2. The number of ether oxygens (including phenoxy) is 3. The van der Waals surface area contributed by atoms with E-state index in [9.17, 15) is 9.59 Å². The molecule has 0 amide bonds. The van der Waals surface area contributed by atoms with Crippen LogP contribution in [0.4, 0.5) is 0 Å². The molecule has 2 aromatic rings. The highest BCUT2D eigenvalue weighted by Crippen LogP contribution is 2.42. The molecule has 1 aliphatic rings. The van der Waals surface area contributed by atoms with Gasteiger partial charge < -0.3 is 14.2 Å². The predicted molar refractivity (Wildman–Crippen MR) is 135 cm³/mol. The number of esters is 1. The Kier molecular flexibility index (Phi) is 10.2. The lowest BCUT2D eigenvalue weighted by Gasteiger charge is -2.23. The van der Waals surface area contributed by atoms with Crippen molar-refractivity contribution in [1.82, 2.24) is 4.98 Å². The van der Waals surface area contributed by atoms with Crippen molar-refractivity contribution in [1.29, 1.82) is 0 Å². The van der Waals surface area contributed by atoms with E-state index in [1.807, 2.05) is 45.0 Å². The van der Waals surface area contributed by atoms with Gasteiger partial charge in [0.15, 0.2) is 5.78 Å². The van der Waals surface area contributed by atoms with Gasteiger partial charge in [-0.2, -0.15) is 0 Å². The Morgan fingerprint density at radius 2 is 1.82 bits per heavy atom. The first-order chi connectivity index (χ1) is 16.3. The molecular formula is C28H39NO5. The maximum atomic E-state index is 13.4. The predicted octanol–water partition coefficient (Wildman–Crippen LogP) is 6.43. The second kappa shape index (κ2) is 12.7. The van der Waals surface area contributed by atoms with Gasteiger partial charge in [0.2, 0.25) is 0 Å². The van der Waals surface area contributed by atoms with Crippen molar-refractivity contribution in [2.24, 2.45) is 5.41 Å². The summed E-state index contributed by atoms with van der Waals surface area (Å²) < 4.78 is 16.8. The average Bonchev–Trinajstić information content (AvgIpc) is 2.94. The van der Waals surface area contributed by atoms with Crippen LogP contribution in [0.25, 0.3) is 11.1 Å². The van der Waals surface area contributed by atoms with Gasteiger partial charge in [0.25, 0.3) is 0 Å². The first kappa shape index (κ1) is 27.5. The molecule has 1 aliphatic carbocycles. The van der Waals surface area contributed by atoms with Crippen molar-refractivity contribution >= 4 is 11.8 Å². The number of Topliss-reactive ketones (excluding diaryl/α,β-unsaturated/α-hetero) is 1. The number of ketones is 1. The summed E-state index contributed by atoms with van der Waals surface area (Å²) in [5.74, 6) is 0.0730. The molecular weight excluding hydrogens is 430 g/mol. The number of rotatable bonds is 8.